The summed E-state index contributed by atoms with van der Waals surface area (Å²) in [5.41, 5.74) is 4.35. The smallest absolute Gasteiger partial charge is 0.406 e. The van der Waals surface area contributed by atoms with Crippen molar-refractivity contribution < 1.29 is 22.7 Å². The number of nitrogens with one attached hydrogen (secondary N) is 1. The number of ether oxygens (including phenoxy) is 1. The fourth-order valence-electron chi connectivity index (χ4n) is 3.85. The zero-order chi connectivity index (χ0) is 22.9. The largest absolute Gasteiger partial charge is 0.573 e. The van der Waals surface area contributed by atoms with E-state index in [9.17, 15) is 18.0 Å². The lowest BCUT2D eigenvalue weighted by atomic mass is 10.00. The predicted molar refractivity (Wildman–Crippen MR) is 119 cm³/mol. The highest BCUT2D eigenvalue weighted by atomic mass is 19.4. The van der Waals surface area contributed by atoms with Crippen LogP contribution in [-0.4, -0.2) is 18.5 Å². The average Bonchev–Trinajstić information content (AvgIpc) is 3.14. The molecule has 4 rings (SSSR count). The second-order valence-corrected chi connectivity index (χ2v) is 7.83. The van der Waals surface area contributed by atoms with Crippen molar-refractivity contribution >= 4 is 29.2 Å². The van der Waals surface area contributed by atoms with E-state index in [4.69, 9.17) is 0 Å². The van der Waals surface area contributed by atoms with Crippen LogP contribution in [0.4, 0.5) is 30.2 Å². The van der Waals surface area contributed by atoms with Gasteiger partial charge in [-0.05, 0) is 30.2 Å². The lowest BCUT2D eigenvalue weighted by Crippen LogP contribution is -2.21. The number of anilines is 1. The Morgan fingerprint density at radius 1 is 0.938 bits per heavy atom. The van der Waals surface area contributed by atoms with E-state index in [2.05, 4.69) is 30.0 Å². The number of carbonyl (C=O) groups excluding carboxylic acids is 1. The number of nitrogens with zero attached hydrogens (tertiary/aromatic N) is 1. The van der Waals surface area contributed by atoms with Gasteiger partial charge in [0.25, 0.3) is 0 Å². The Labute approximate surface area is 184 Å². The first kappa shape index (κ1) is 21.6. The summed E-state index contributed by atoms with van der Waals surface area (Å²) in [5, 5.41) is 2.79. The number of carbonyl (C=O) groups is 1. The number of amides is 1. The Hall–Kier alpha value is -3.61. The topological polar surface area (TPSA) is 41.3 Å². The zero-order valence-corrected chi connectivity index (χ0v) is 17.6. The predicted octanol–water partition coefficient (Wildman–Crippen LogP) is 6.35. The van der Waals surface area contributed by atoms with Crippen molar-refractivity contribution in [2.75, 3.05) is 5.32 Å². The number of rotatable bonds is 5. The number of fused-ring (bicyclic) bond motifs is 1. The Morgan fingerprint density at radius 3 is 2.22 bits per heavy atom. The van der Waals surface area contributed by atoms with E-state index in [1.165, 1.54) is 29.8 Å². The van der Waals surface area contributed by atoms with Crippen molar-refractivity contribution in [2.45, 2.75) is 32.0 Å². The third-order valence-corrected chi connectivity index (χ3v) is 5.29. The van der Waals surface area contributed by atoms with Gasteiger partial charge >= 0.3 is 6.36 Å². The molecular weight excluding hydrogens is 417 g/mol. The van der Waals surface area contributed by atoms with E-state index in [1.807, 2.05) is 53.3 Å². The quantitative estimate of drug-likeness (QED) is 0.471. The first-order valence-electron chi connectivity index (χ1n) is 10.2. The fraction of sp³-hybridized carbons (Fsp3) is 0.200. The van der Waals surface area contributed by atoms with Crippen molar-refractivity contribution in [3.63, 3.8) is 0 Å². The number of hydrogen-bond donors (Lipinski definition) is 1. The maximum absolute atomic E-state index is 13.1. The van der Waals surface area contributed by atoms with Crippen LogP contribution >= 0.6 is 0 Å². The van der Waals surface area contributed by atoms with Crippen LogP contribution in [0.5, 0.6) is 5.75 Å². The third-order valence-electron chi connectivity index (χ3n) is 5.29. The molecule has 0 bridgehead atoms. The number of para-hydroxylation sites is 2. The molecule has 4 nitrogen and oxygen atoms in total. The summed E-state index contributed by atoms with van der Waals surface area (Å²) >= 11 is 0. The van der Waals surface area contributed by atoms with Gasteiger partial charge in [-0.2, -0.15) is 4.58 Å². The number of hydrogen-bond acceptors (Lipinski definition) is 2. The summed E-state index contributed by atoms with van der Waals surface area (Å²) in [4.78, 5) is 13.1. The molecule has 1 amide bonds. The van der Waals surface area contributed by atoms with Crippen LogP contribution in [0.3, 0.4) is 0 Å². The molecule has 1 heterocycles. The second-order valence-electron chi connectivity index (χ2n) is 7.83. The number of halogens is 3. The molecule has 1 unspecified atom stereocenters. The van der Waals surface area contributed by atoms with Crippen LogP contribution in [0.1, 0.15) is 36.8 Å². The lowest BCUT2D eigenvalue weighted by molar-refractivity contribution is -0.274. The molecule has 1 aliphatic rings. The van der Waals surface area contributed by atoms with Crippen molar-refractivity contribution in [1.82, 2.24) is 4.58 Å². The molecule has 1 atom stereocenters. The van der Waals surface area contributed by atoms with Gasteiger partial charge in [-0.25, -0.2) is 0 Å². The van der Waals surface area contributed by atoms with Crippen LogP contribution < -0.4 is 14.6 Å². The maximum Gasteiger partial charge on any atom is 0.573 e. The average molecular weight is 439 g/mol. The maximum atomic E-state index is 13.1. The summed E-state index contributed by atoms with van der Waals surface area (Å²) < 4.78 is 43.0. The van der Waals surface area contributed by atoms with Gasteiger partial charge in [-0.3, -0.25) is 4.79 Å². The highest BCUT2D eigenvalue weighted by Crippen LogP contribution is 2.38. The van der Waals surface area contributed by atoms with Crippen LogP contribution in [0.25, 0.3) is 0 Å². The highest BCUT2D eigenvalue weighted by Gasteiger charge is 2.37. The van der Waals surface area contributed by atoms with Crippen molar-refractivity contribution in [1.29, 1.82) is 0 Å². The van der Waals surface area contributed by atoms with Gasteiger partial charge in [0.05, 0.1) is 0 Å². The minimum atomic E-state index is -4.76. The number of alkyl halides is 3. The molecule has 3 aromatic rings. The van der Waals surface area contributed by atoms with Gasteiger partial charge in [0, 0.05) is 28.9 Å². The monoisotopic (exact) mass is 439 g/mol. The molecule has 0 radical (unpaired) electrons. The molecular formula is C25H22F3N2O2+. The van der Waals surface area contributed by atoms with Crippen molar-refractivity contribution in [3.05, 3.63) is 83.9 Å². The molecule has 7 heteroatoms. The van der Waals surface area contributed by atoms with E-state index < -0.39 is 12.3 Å². The van der Waals surface area contributed by atoms with Gasteiger partial charge in [-0.15, -0.1) is 13.2 Å². The molecule has 1 N–H and O–H groups in total. The van der Waals surface area contributed by atoms with E-state index in [1.54, 1.807) is 0 Å². The molecule has 164 valence electrons. The molecule has 0 aromatic heterocycles. The van der Waals surface area contributed by atoms with Crippen LogP contribution in [0.15, 0.2) is 72.8 Å². The second kappa shape index (κ2) is 8.49. The summed E-state index contributed by atoms with van der Waals surface area (Å²) in [6.45, 7) is 4.24. The van der Waals surface area contributed by atoms with Gasteiger partial charge in [0.15, 0.2) is 6.21 Å². The molecule has 3 aromatic carbocycles. The molecule has 0 saturated carbocycles. The SMILES string of the molecule is CC(C)c1ccccc1[N+]1=CC(C(=O)Nc2ccc(OC(F)(F)F)cc2)c2ccccc21. The van der Waals surface area contributed by atoms with Gasteiger partial charge in [-0.1, -0.05) is 50.2 Å². The molecule has 32 heavy (non-hydrogen) atoms. The highest BCUT2D eigenvalue weighted by molar-refractivity contribution is 6.10. The van der Waals surface area contributed by atoms with E-state index >= 15 is 0 Å². The molecule has 0 spiro atoms. The Kier molecular flexibility index (Phi) is 5.74. The zero-order valence-electron chi connectivity index (χ0n) is 17.6. The molecule has 0 fully saturated rings. The summed E-state index contributed by atoms with van der Waals surface area (Å²) in [7, 11) is 0. The summed E-state index contributed by atoms with van der Waals surface area (Å²) in [6, 6.07) is 20.9. The van der Waals surface area contributed by atoms with Gasteiger partial charge < -0.3 is 10.1 Å². The standard InChI is InChI=1S/C25H21F3N2O2/c1-16(2)19-7-3-5-9-22(19)30-15-21(20-8-4-6-10-23(20)30)24(31)29-17-11-13-18(14-12-17)32-25(26,27)28/h3-16,21H,1-2H3/p+1. The van der Waals surface area contributed by atoms with Crippen LogP contribution in [0.2, 0.25) is 0 Å². The van der Waals surface area contributed by atoms with Crippen molar-refractivity contribution in [3.8, 4) is 5.75 Å². The Morgan fingerprint density at radius 2 is 1.56 bits per heavy atom. The van der Waals surface area contributed by atoms with Gasteiger partial charge in [0.1, 0.15) is 11.7 Å². The minimum absolute atomic E-state index is 0.272. The van der Waals surface area contributed by atoms with Crippen LogP contribution in [0, 0.1) is 0 Å². The fourth-order valence-corrected chi connectivity index (χ4v) is 3.85. The van der Waals surface area contributed by atoms with E-state index in [0.717, 1.165) is 16.9 Å². The van der Waals surface area contributed by atoms with E-state index in [-0.39, 0.29) is 11.7 Å². The summed E-state index contributed by atoms with van der Waals surface area (Å²) in [5.74, 6) is -0.856. The first-order valence-corrected chi connectivity index (χ1v) is 10.2. The normalized spacial score (nSPS) is 15.3. The van der Waals surface area contributed by atoms with E-state index in [0.29, 0.717) is 11.6 Å². The Bertz CT molecular complexity index is 1170. The molecule has 0 aliphatic carbocycles. The molecule has 1 aliphatic heterocycles. The molecule has 0 saturated heterocycles. The lowest BCUT2D eigenvalue weighted by Gasteiger charge is -2.11. The van der Waals surface area contributed by atoms with Gasteiger partial charge in [0.2, 0.25) is 17.3 Å². The minimum Gasteiger partial charge on any atom is -0.406 e. The van der Waals surface area contributed by atoms with Crippen LogP contribution in [-0.2, 0) is 4.79 Å². The number of benzene rings is 3. The summed E-state index contributed by atoms with van der Waals surface area (Å²) in [6.07, 6.45) is -2.88. The first-order chi connectivity index (χ1) is 15.2. The van der Waals surface area contributed by atoms with Crippen molar-refractivity contribution in [2.24, 2.45) is 0 Å². The Balaban J connectivity index is 1.62. The third kappa shape index (κ3) is 4.51.